The molecule has 6 heteroatoms. The molecule has 3 rings (SSSR count). The van der Waals surface area contributed by atoms with Crippen LogP contribution in [0, 0.1) is 5.92 Å². The SMILES string of the molecule is CN=C(NCCc1c[nH]c2ccc(Cl)cc12)N(C)CCOCC1CC1. The first kappa shape index (κ1) is 18.1. The highest BCUT2D eigenvalue weighted by atomic mass is 35.5. The second kappa shape index (κ2) is 8.59. The lowest BCUT2D eigenvalue weighted by Gasteiger charge is -2.22. The number of H-pyrrole nitrogens is 1. The highest BCUT2D eigenvalue weighted by Crippen LogP contribution is 2.28. The third-order valence-electron chi connectivity index (χ3n) is 4.60. The van der Waals surface area contributed by atoms with Crippen LogP contribution in [-0.4, -0.2) is 56.2 Å². The maximum atomic E-state index is 6.11. The van der Waals surface area contributed by atoms with Crippen molar-refractivity contribution >= 4 is 28.5 Å². The number of halogens is 1. The molecule has 1 fully saturated rings. The van der Waals surface area contributed by atoms with E-state index in [1.807, 2.05) is 32.3 Å². The number of nitrogens with one attached hydrogen (secondary N) is 2. The van der Waals surface area contributed by atoms with E-state index in [-0.39, 0.29) is 0 Å². The molecule has 0 aliphatic heterocycles. The van der Waals surface area contributed by atoms with E-state index in [1.54, 1.807) is 0 Å². The van der Waals surface area contributed by atoms with Crippen molar-refractivity contribution in [1.82, 2.24) is 15.2 Å². The van der Waals surface area contributed by atoms with E-state index in [4.69, 9.17) is 16.3 Å². The van der Waals surface area contributed by atoms with Crippen molar-refractivity contribution in [2.45, 2.75) is 19.3 Å². The summed E-state index contributed by atoms with van der Waals surface area (Å²) >= 11 is 6.11. The number of aromatic nitrogens is 1. The topological polar surface area (TPSA) is 52.7 Å². The van der Waals surface area contributed by atoms with E-state index in [0.29, 0.717) is 0 Å². The summed E-state index contributed by atoms with van der Waals surface area (Å²) in [4.78, 5) is 9.76. The van der Waals surface area contributed by atoms with Gasteiger partial charge in [0, 0.05) is 55.9 Å². The predicted molar refractivity (Wildman–Crippen MR) is 105 cm³/mol. The molecule has 0 spiro atoms. The predicted octanol–water partition coefficient (Wildman–Crippen LogP) is 3.30. The summed E-state index contributed by atoms with van der Waals surface area (Å²) in [5.41, 5.74) is 2.38. The lowest BCUT2D eigenvalue weighted by atomic mass is 10.1. The van der Waals surface area contributed by atoms with Crippen LogP contribution in [0.1, 0.15) is 18.4 Å². The number of ether oxygens (including phenoxy) is 1. The largest absolute Gasteiger partial charge is 0.379 e. The second-order valence-electron chi connectivity index (χ2n) is 6.67. The van der Waals surface area contributed by atoms with Gasteiger partial charge in [0.1, 0.15) is 0 Å². The number of fused-ring (bicyclic) bond motifs is 1. The van der Waals surface area contributed by atoms with Gasteiger partial charge in [-0.1, -0.05) is 11.6 Å². The summed E-state index contributed by atoms with van der Waals surface area (Å²) in [6, 6.07) is 5.94. The van der Waals surface area contributed by atoms with Gasteiger partial charge >= 0.3 is 0 Å². The number of benzene rings is 1. The standard InChI is InChI=1S/C19H27ClN4O/c1-21-19(24(2)9-10-25-13-14-3-4-14)22-8-7-15-12-23-18-6-5-16(20)11-17(15)18/h5-6,11-12,14,23H,3-4,7-10,13H2,1-2H3,(H,21,22). The molecule has 0 unspecified atom stereocenters. The van der Waals surface area contributed by atoms with Crippen molar-refractivity contribution in [1.29, 1.82) is 0 Å². The maximum Gasteiger partial charge on any atom is 0.193 e. The van der Waals surface area contributed by atoms with E-state index in [2.05, 4.69) is 26.4 Å². The smallest absolute Gasteiger partial charge is 0.193 e. The lowest BCUT2D eigenvalue weighted by molar-refractivity contribution is 0.115. The molecule has 0 atom stereocenters. The average Bonchev–Trinajstić information content (AvgIpc) is 3.36. The van der Waals surface area contributed by atoms with Crippen LogP contribution in [0.2, 0.25) is 5.02 Å². The van der Waals surface area contributed by atoms with Gasteiger partial charge in [0.05, 0.1) is 6.61 Å². The van der Waals surface area contributed by atoms with E-state index in [1.165, 1.54) is 23.8 Å². The zero-order valence-corrected chi connectivity index (χ0v) is 15.8. The number of aromatic amines is 1. The summed E-state index contributed by atoms with van der Waals surface area (Å²) in [5, 5.41) is 5.38. The van der Waals surface area contributed by atoms with Crippen LogP contribution in [0.3, 0.4) is 0 Å². The van der Waals surface area contributed by atoms with E-state index in [0.717, 1.165) is 55.1 Å². The average molecular weight is 363 g/mol. The Kier molecular flexibility index (Phi) is 6.21. The molecule has 1 heterocycles. The molecule has 2 N–H and O–H groups in total. The summed E-state index contributed by atoms with van der Waals surface area (Å²) in [6.07, 6.45) is 5.63. The van der Waals surface area contributed by atoms with Crippen molar-refractivity contribution in [2.24, 2.45) is 10.9 Å². The molecule has 0 radical (unpaired) electrons. The van der Waals surface area contributed by atoms with Crippen LogP contribution >= 0.6 is 11.6 Å². The molecule has 2 aromatic rings. The van der Waals surface area contributed by atoms with Gasteiger partial charge in [-0.25, -0.2) is 0 Å². The highest BCUT2D eigenvalue weighted by Gasteiger charge is 2.21. The van der Waals surface area contributed by atoms with E-state index in [9.17, 15) is 0 Å². The molecular weight excluding hydrogens is 336 g/mol. The molecule has 1 aromatic heterocycles. The molecule has 5 nitrogen and oxygen atoms in total. The minimum absolute atomic E-state index is 0.745. The minimum atomic E-state index is 0.745. The van der Waals surface area contributed by atoms with Gasteiger partial charge in [-0.3, -0.25) is 4.99 Å². The molecule has 1 aromatic carbocycles. The molecule has 1 aliphatic carbocycles. The first-order valence-electron chi connectivity index (χ1n) is 8.92. The number of hydrogen-bond acceptors (Lipinski definition) is 2. The molecule has 1 saturated carbocycles. The fourth-order valence-corrected chi connectivity index (χ4v) is 3.07. The second-order valence-corrected chi connectivity index (χ2v) is 7.10. The minimum Gasteiger partial charge on any atom is -0.379 e. The first-order chi connectivity index (χ1) is 12.2. The van der Waals surface area contributed by atoms with Crippen molar-refractivity contribution in [2.75, 3.05) is 40.4 Å². The van der Waals surface area contributed by atoms with Crippen LogP contribution in [0.25, 0.3) is 10.9 Å². The monoisotopic (exact) mass is 362 g/mol. The Balaban J connectivity index is 1.44. The molecule has 136 valence electrons. The lowest BCUT2D eigenvalue weighted by Crippen LogP contribution is -2.41. The molecule has 1 aliphatic rings. The Labute approximate surface area is 154 Å². The van der Waals surface area contributed by atoms with Crippen molar-refractivity contribution in [3.63, 3.8) is 0 Å². The Morgan fingerprint density at radius 3 is 3.04 bits per heavy atom. The van der Waals surface area contributed by atoms with Gasteiger partial charge in [0.15, 0.2) is 5.96 Å². The molecule has 0 saturated heterocycles. The third-order valence-corrected chi connectivity index (χ3v) is 4.84. The molecule has 25 heavy (non-hydrogen) atoms. The maximum absolute atomic E-state index is 6.11. The van der Waals surface area contributed by atoms with Crippen molar-refractivity contribution < 1.29 is 4.74 Å². The van der Waals surface area contributed by atoms with Crippen LogP contribution in [0.15, 0.2) is 29.4 Å². The van der Waals surface area contributed by atoms with Crippen molar-refractivity contribution in [3.05, 3.63) is 35.0 Å². The first-order valence-corrected chi connectivity index (χ1v) is 9.30. The van der Waals surface area contributed by atoms with Crippen LogP contribution < -0.4 is 5.32 Å². The van der Waals surface area contributed by atoms with Crippen LogP contribution in [0.4, 0.5) is 0 Å². The Bertz CT molecular complexity index is 723. The summed E-state index contributed by atoms with van der Waals surface area (Å²) in [7, 11) is 3.86. The summed E-state index contributed by atoms with van der Waals surface area (Å²) in [6.45, 7) is 3.31. The Morgan fingerprint density at radius 1 is 1.44 bits per heavy atom. The van der Waals surface area contributed by atoms with E-state index < -0.39 is 0 Å². The number of guanidine groups is 1. The highest BCUT2D eigenvalue weighted by molar-refractivity contribution is 6.31. The van der Waals surface area contributed by atoms with Gasteiger partial charge in [-0.2, -0.15) is 0 Å². The summed E-state index contributed by atoms with van der Waals surface area (Å²) in [5.74, 6) is 1.71. The molecule has 0 bridgehead atoms. The van der Waals surface area contributed by atoms with Crippen molar-refractivity contribution in [3.8, 4) is 0 Å². The molecule has 0 amide bonds. The third kappa shape index (κ3) is 5.13. The number of aliphatic imine (C=N–C) groups is 1. The Morgan fingerprint density at radius 2 is 2.28 bits per heavy atom. The van der Waals surface area contributed by atoms with Gasteiger partial charge in [-0.15, -0.1) is 0 Å². The van der Waals surface area contributed by atoms with Crippen LogP contribution in [0.5, 0.6) is 0 Å². The normalized spacial score (nSPS) is 14.9. The number of rotatable bonds is 8. The number of likely N-dealkylation sites (N-methyl/N-ethyl adjacent to an activating group) is 1. The zero-order valence-electron chi connectivity index (χ0n) is 15.0. The van der Waals surface area contributed by atoms with E-state index >= 15 is 0 Å². The number of hydrogen-bond donors (Lipinski definition) is 2. The molecular formula is C19H27ClN4O. The van der Waals surface area contributed by atoms with Gasteiger partial charge in [0.25, 0.3) is 0 Å². The van der Waals surface area contributed by atoms with Gasteiger partial charge in [-0.05, 0) is 48.9 Å². The fraction of sp³-hybridized carbons (Fsp3) is 0.526. The van der Waals surface area contributed by atoms with Crippen LogP contribution in [-0.2, 0) is 11.2 Å². The quantitative estimate of drug-likeness (QED) is 0.430. The number of nitrogens with zero attached hydrogens (tertiary/aromatic N) is 2. The zero-order chi connectivity index (χ0) is 17.6. The summed E-state index contributed by atoms with van der Waals surface area (Å²) < 4.78 is 5.70. The Hall–Kier alpha value is -1.72. The van der Waals surface area contributed by atoms with Gasteiger partial charge in [0.2, 0.25) is 0 Å². The fourth-order valence-electron chi connectivity index (χ4n) is 2.89. The van der Waals surface area contributed by atoms with Gasteiger partial charge < -0.3 is 19.9 Å².